The molecule has 1 aliphatic rings. The summed E-state index contributed by atoms with van der Waals surface area (Å²) in [5.41, 5.74) is 0.575. The van der Waals surface area contributed by atoms with Gasteiger partial charge in [0.15, 0.2) is 0 Å². The summed E-state index contributed by atoms with van der Waals surface area (Å²) in [6.07, 6.45) is 0. The van der Waals surface area contributed by atoms with Crippen LogP contribution < -0.4 is 5.32 Å². The first-order chi connectivity index (χ1) is 9.13. The van der Waals surface area contributed by atoms with Gasteiger partial charge in [-0.3, -0.25) is 4.90 Å². The summed E-state index contributed by atoms with van der Waals surface area (Å²) >= 11 is 0. The second-order valence-electron chi connectivity index (χ2n) is 4.57. The van der Waals surface area contributed by atoms with Gasteiger partial charge in [-0.1, -0.05) is 6.07 Å². The van der Waals surface area contributed by atoms with Gasteiger partial charge in [-0.25, -0.2) is 4.79 Å². The molecule has 104 valence electrons. The number of aliphatic hydroxyl groups excluding tert-OH is 1. The molecule has 1 fully saturated rings. The van der Waals surface area contributed by atoms with Crippen molar-refractivity contribution < 1.29 is 20.1 Å². The van der Waals surface area contributed by atoms with E-state index in [0.717, 1.165) is 26.2 Å². The van der Waals surface area contributed by atoms with Crippen molar-refractivity contribution in [2.24, 2.45) is 0 Å². The van der Waals surface area contributed by atoms with Gasteiger partial charge in [0.25, 0.3) is 0 Å². The van der Waals surface area contributed by atoms with Crippen molar-refractivity contribution in [3.05, 3.63) is 29.3 Å². The lowest BCUT2D eigenvalue weighted by molar-refractivity contribution is 0.0692. The molecular weight excluding hydrogens is 248 g/mol. The highest BCUT2D eigenvalue weighted by Crippen LogP contribution is 2.26. The quantitative estimate of drug-likeness (QED) is 0.614. The van der Waals surface area contributed by atoms with Gasteiger partial charge >= 0.3 is 5.97 Å². The van der Waals surface area contributed by atoms with Gasteiger partial charge in [-0.05, 0) is 17.7 Å². The molecule has 1 aromatic rings. The molecule has 6 nitrogen and oxygen atoms in total. The van der Waals surface area contributed by atoms with Crippen molar-refractivity contribution in [1.82, 2.24) is 10.2 Å². The molecular formula is C13H18N2O4. The molecule has 0 aliphatic carbocycles. The number of aromatic hydroxyl groups is 1. The van der Waals surface area contributed by atoms with Gasteiger partial charge in [0.05, 0.1) is 12.6 Å². The number of nitrogens with one attached hydrogen (secondary N) is 1. The fourth-order valence-corrected chi connectivity index (χ4v) is 2.36. The number of aromatic carboxylic acids is 1. The first kappa shape index (κ1) is 13.8. The number of piperazine rings is 1. The van der Waals surface area contributed by atoms with Gasteiger partial charge in [0, 0.05) is 26.2 Å². The van der Waals surface area contributed by atoms with Gasteiger partial charge in [-0.2, -0.15) is 0 Å². The average Bonchev–Trinajstić information content (AvgIpc) is 2.42. The van der Waals surface area contributed by atoms with Crippen LogP contribution in [0.3, 0.4) is 0 Å². The lowest BCUT2D eigenvalue weighted by Gasteiger charge is -2.34. The van der Waals surface area contributed by atoms with E-state index in [-0.39, 0.29) is 24.0 Å². The van der Waals surface area contributed by atoms with Crippen molar-refractivity contribution in [2.75, 3.05) is 32.8 Å². The summed E-state index contributed by atoms with van der Waals surface area (Å²) in [4.78, 5) is 13.1. The summed E-state index contributed by atoms with van der Waals surface area (Å²) in [5.74, 6) is -1.43. The van der Waals surface area contributed by atoms with E-state index < -0.39 is 5.97 Å². The molecule has 1 atom stereocenters. The van der Waals surface area contributed by atoms with Gasteiger partial charge in [0.2, 0.25) is 0 Å². The Morgan fingerprint density at radius 3 is 2.63 bits per heavy atom. The zero-order chi connectivity index (χ0) is 13.8. The molecule has 4 N–H and O–H groups in total. The molecule has 0 spiro atoms. The Balaban J connectivity index is 2.27. The zero-order valence-corrected chi connectivity index (χ0v) is 10.5. The van der Waals surface area contributed by atoms with Crippen molar-refractivity contribution in [3.8, 4) is 5.75 Å². The molecule has 0 aromatic heterocycles. The number of nitrogens with zero attached hydrogens (tertiary/aromatic N) is 1. The van der Waals surface area contributed by atoms with Crippen LogP contribution in [0, 0.1) is 0 Å². The molecule has 0 radical (unpaired) electrons. The molecule has 19 heavy (non-hydrogen) atoms. The number of rotatable bonds is 4. The van der Waals surface area contributed by atoms with Crippen LogP contribution in [-0.2, 0) is 0 Å². The number of carboxylic acid groups (broad SMARTS) is 1. The van der Waals surface area contributed by atoms with E-state index >= 15 is 0 Å². The maximum absolute atomic E-state index is 11.0. The number of phenols is 1. The summed E-state index contributed by atoms with van der Waals surface area (Å²) in [7, 11) is 0. The third-order valence-electron chi connectivity index (χ3n) is 3.40. The molecule has 1 saturated heterocycles. The minimum absolute atomic E-state index is 0.0795. The summed E-state index contributed by atoms with van der Waals surface area (Å²) in [5, 5.41) is 31.3. The summed E-state index contributed by atoms with van der Waals surface area (Å²) < 4.78 is 0. The molecule has 0 amide bonds. The van der Waals surface area contributed by atoms with Crippen molar-refractivity contribution >= 4 is 5.97 Å². The van der Waals surface area contributed by atoms with E-state index in [9.17, 15) is 15.0 Å². The third kappa shape index (κ3) is 3.04. The Kier molecular flexibility index (Phi) is 4.36. The van der Waals surface area contributed by atoms with Gasteiger partial charge in [0.1, 0.15) is 11.3 Å². The minimum Gasteiger partial charge on any atom is -0.507 e. The van der Waals surface area contributed by atoms with Crippen LogP contribution in [0.15, 0.2) is 18.2 Å². The number of carboxylic acids is 1. The highest BCUT2D eigenvalue weighted by Gasteiger charge is 2.23. The Labute approximate surface area is 111 Å². The van der Waals surface area contributed by atoms with Crippen molar-refractivity contribution in [2.45, 2.75) is 6.04 Å². The van der Waals surface area contributed by atoms with Crippen LogP contribution in [-0.4, -0.2) is 59.0 Å². The topological polar surface area (TPSA) is 93.0 Å². The van der Waals surface area contributed by atoms with E-state index in [1.54, 1.807) is 6.07 Å². The Morgan fingerprint density at radius 2 is 2.05 bits per heavy atom. The molecule has 0 saturated carbocycles. The maximum Gasteiger partial charge on any atom is 0.339 e. The van der Waals surface area contributed by atoms with Crippen LogP contribution in [0.1, 0.15) is 22.0 Å². The zero-order valence-electron chi connectivity index (χ0n) is 10.5. The Bertz CT molecular complexity index is 458. The summed E-state index contributed by atoms with van der Waals surface area (Å²) in [6.45, 7) is 3.22. The van der Waals surface area contributed by atoms with E-state index in [2.05, 4.69) is 10.2 Å². The Hall–Kier alpha value is -1.63. The van der Waals surface area contributed by atoms with Gasteiger partial charge < -0.3 is 20.6 Å². The average molecular weight is 266 g/mol. The highest BCUT2D eigenvalue weighted by molar-refractivity contribution is 5.90. The molecule has 2 rings (SSSR count). The number of hydrogen-bond acceptors (Lipinski definition) is 5. The first-order valence-corrected chi connectivity index (χ1v) is 6.25. The monoisotopic (exact) mass is 266 g/mol. The second-order valence-corrected chi connectivity index (χ2v) is 4.57. The predicted octanol–water partition coefficient (Wildman–Crippen LogP) is 0.0290. The fourth-order valence-electron chi connectivity index (χ4n) is 2.36. The smallest absolute Gasteiger partial charge is 0.339 e. The maximum atomic E-state index is 11.0. The van der Waals surface area contributed by atoms with Crippen LogP contribution >= 0.6 is 0 Å². The molecule has 1 aliphatic heterocycles. The molecule has 0 bridgehead atoms. The number of hydrogen-bond donors (Lipinski definition) is 4. The fraction of sp³-hybridized carbons (Fsp3) is 0.462. The normalized spacial score (nSPS) is 18.2. The molecule has 6 heteroatoms. The largest absolute Gasteiger partial charge is 0.507 e. The molecule has 1 heterocycles. The van der Waals surface area contributed by atoms with E-state index in [0.29, 0.717) is 5.56 Å². The number of benzene rings is 1. The Morgan fingerprint density at radius 1 is 1.37 bits per heavy atom. The summed E-state index contributed by atoms with van der Waals surface area (Å²) in [6, 6.07) is 4.22. The first-order valence-electron chi connectivity index (χ1n) is 6.25. The number of aliphatic hydroxyl groups is 1. The van der Waals surface area contributed by atoms with Crippen molar-refractivity contribution in [3.63, 3.8) is 0 Å². The van der Waals surface area contributed by atoms with E-state index in [4.69, 9.17) is 5.11 Å². The van der Waals surface area contributed by atoms with Gasteiger partial charge in [-0.15, -0.1) is 0 Å². The minimum atomic E-state index is -1.17. The SMILES string of the molecule is O=C(O)c1cc([C@@H](CO)N2CCNCC2)ccc1O. The third-order valence-corrected chi connectivity index (χ3v) is 3.40. The number of carbonyl (C=O) groups is 1. The lowest BCUT2D eigenvalue weighted by atomic mass is 10.0. The van der Waals surface area contributed by atoms with Crippen LogP contribution in [0.4, 0.5) is 0 Å². The molecule has 0 unspecified atom stereocenters. The van der Waals surface area contributed by atoms with Crippen molar-refractivity contribution in [1.29, 1.82) is 0 Å². The standard InChI is InChI=1S/C13H18N2O4/c16-8-11(15-5-3-14-4-6-15)9-1-2-12(17)10(7-9)13(18)19/h1-2,7,11,14,16-17H,3-6,8H2,(H,18,19)/t11-/m1/s1. The predicted molar refractivity (Wildman–Crippen MR) is 69.3 cm³/mol. The van der Waals surface area contributed by atoms with Crippen LogP contribution in [0.5, 0.6) is 5.75 Å². The lowest BCUT2D eigenvalue weighted by Crippen LogP contribution is -2.46. The van der Waals surface area contributed by atoms with E-state index in [1.807, 2.05) is 0 Å². The van der Waals surface area contributed by atoms with Crippen LogP contribution in [0.2, 0.25) is 0 Å². The van der Waals surface area contributed by atoms with Crippen LogP contribution in [0.25, 0.3) is 0 Å². The molecule has 1 aromatic carbocycles. The van der Waals surface area contributed by atoms with E-state index in [1.165, 1.54) is 12.1 Å². The highest BCUT2D eigenvalue weighted by atomic mass is 16.4. The second kappa shape index (κ2) is 6.01.